The minimum atomic E-state index is -0.116. The minimum absolute atomic E-state index is 0.116. The lowest BCUT2D eigenvalue weighted by Gasteiger charge is -2.13. The number of amides is 1. The van der Waals surface area contributed by atoms with E-state index in [2.05, 4.69) is 5.32 Å². The molecule has 0 aromatic heterocycles. The molecule has 1 aliphatic carbocycles. The van der Waals surface area contributed by atoms with Gasteiger partial charge in [0.1, 0.15) is 0 Å². The van der Waals surface area contributed by atoms with Crippen molar-refractivity contribution in [3.8, 4) is 0 Å². The molecule has 20 heavy (non-hydrogen) atoms. The second kappa shape index (κ2) is 8.05. The van der Waals surface area contributed by atoms with Gasteiger partial charge in [0.2, 0.25) is 5.91 Å². The molecule has 0 saturated heterocycles. The zero-order valence-electron chi connectivity index (χ0n) is 12.2. The molecule has 1 unspecified atom stereocenters. The van der Waals surface area contributed by atoms with Crippen molar-refractivity contribution in [3.63, 3.8) is 0 Å². The third-order valence-corrected chi connectivity index (χ3v) is 4.24. The van der Waals surface area contributed by atoms with Crippen LogP contribution in [0.25, 0.3) is 0 Å². The van der Waals surface area contributed by atoms with Crippen LogP contribution in [0.3, 0.4) is 0 Å². The van der Waals surface area contributed by atoms with Gasteiger partial charge in [0, 0.05) is 19.0 Å². The van der Waals surface area contributed by atoms with Gasteiger partial charge in [-0.15, -0.1) is 0 Å². The van der Waals surface area contributed by atoms with E-state index >= 15 is 0 Å². The Kier molecular flexibility index (Phi) is 6.06. The molecule has 0 heterocycles. The van der Waals surface area contributed by atoms with E-state index in [1.54, 1.807) is 0 Å². The van der Waals surface area contributed by atoms with Crippen LogP contribution in [0.4, 0.5) is 0 Å². The predicted molar refractivity (Wildman–Crippen MR) is 82.2 cm³/mol. The SMILES string of the molecule is NC(CNC(=O)CCCC1CCCC1)c1ccccc1. The van der Waals surface area contributed by atoms with Crippen LogP contribution in [0, 0.1) is 5.92 Å². The molecular formula is C17H26N2O. The summed E-state index contributed by atoms with van der Waals surface area (Å²) in [5, 5.41) is 2.94. The summed E-state index contributed by atoms with van der Waals surface area (Å²) in [5.74, 6) is 1.00. The van der Waals surface area contributed by atoms with Gasteiger partial charge in [-0.05, 0) is 24.3 Å². The maximum atomic E-state index is 11.8. The molecule has 1 amide bonds. The van der Waals surface area contributed by atoms with E-state index in [-0.39, 0.29) is 11.9 Å². The van der Waals surface area contributed by atoms with Crippen LogP contribution in [-0.4, -0.2) is 12.5 Å². The molecule has 1 atom stereocenters. The Morgan fingerprint density at radius 2 is 1.95 bits per heavy atom. The van der Waals surface area contributed by atoms with Crippen molar-refractivity contribution in [2.24, 2.45) is 11.7 Å². The Morgan fingerprint density at radius 1 is 1.25 bits per heavy atom. The highest BCUT2D eigenvalue weighted by atomic mass is 16.1. The van der Waals surface area contributed by atoms with E-state index in [9.17, 15) is 4.79 Å². The van der Waals surface area contributed by atoms with Gasteiger partial charge in [-0.1, -0.05) is 56.0 Å². The minimum Gasteiger partial charge on any atom is -0.354 e. The van der Waals surface area contributed by atoms with Crippen LogP contribution in [0.15, 0.2) is 30.3 Å². The predicted octanol–water partition coefficient (Wildman–Crippen LogP) is 3.16. The Bertz CT molecular complexity index is 399. The molecule has 1 aliphatic rings. The molecule has 0 radical (unpaired) electrons. The zero-order chi connectivity index (χ0) is 14.2. The quantitative estimate of drug-likeness (QED) is 0.802. The molecule has 3 heteroatoms. The van der Waals surface area contributed by atoms with Crippen molar-refractivity contribution < 1.29 is 4.79 Å². The average molecular weight is 274 g/mol. The summed E-state index contributed by atoms with van der Waals surface area (Å²) in [6.07, 6.45) is 8.33. The number of hydrogen-bond acceptors (Lipinski definition) is 2. The van der Waals surface area contributed by atoms with Crippen LogP contribution in [0.5, 0.6) is 0 Å². The van der Waals surface area contributed by atoms with Gasteiger partial charge in [0.15, 0.2) is 0 Å². The molecule has 0 aliphatic heterocycles. The number of nitrogens with two attached hydrogens (primary N) is 1. The maximum absolute atomic E-state index is 11.8. The Morgan fingerprint density at radius 3 is 2.65 bits per heavy atom. The third-order valence-electron chi connectivity index (χ3n) is 4.24. The van der Waals surface area contributed by atoms with Crippen LogP contribution in [-0.2, 0) is 4.79 Å². The van der Waals surface area contributed by atoms with Gasteiger partial charge in [-0.2, -0.15) is 0 Å². The molecule has 1 fully saturated rings. The number of carbonyl (C=O) groups is 1. The molecule has 0 spiro atoms. The molecule has 3 N–H and O–H groups in total. The van der Waals surface area contributed by atoms with E-state index in [4.69, 9.17) is 5.73 Å². The highest BCUT2D eigenvalue weighted by molar-refractivity contribution is 5.75. The fraction of sp³-hybridized carbons (Fsp3) is 0.588. The standard InChI is InChI=1S/C17H26N2O/c18-16(15-10-2-1-3-11-15)13-19-17(20)12-6-9-14-7-4-5-8-14/h1-3,10-11,14,16H,4-9,12-13,18H2,(H,19,20). The van der Waals surface area contributed by atoms with E-state index in [0.29, 0.717) is 13.0 Å². The fourth-order valence-electron chi connectivity index (χ4n) is 2.98. The van der Waals surface area contributed by atoms with Crippen molar-refractivity contribution in [3.05, 3.63) is 35.9 Å². The zero-order valence-corrected chi connectivity index (χ0v) is 12.2. The van der Waals surface area contributed by atoms with Gasteiger partial charge in [-0.25, -0.2) is 0 Å². The smallest absolute Gasteiger partial charge is 0.220 e. The van der Waals surface area contributed by atoms with Crippen LogP contribution < -0.4 is 11.1 Å². The van der Waals surface area contributed by atoms with Crippen LogP contribution in [0.2, 0.25) is 0 Å². The number of rotatable bonds is 7. The summed E-state index contributed by atoms with van der Waals surface area (Å²) in [6, 6.07) is 9.79. The lowest BCUT2D eigenvalue weighted by molar-refractivity contribution is -0.121. The van der Waals surface area contributed by atoms with Crippen molar-refractivity contribution in [1.82, 2.24) is 5.32 Å². The van der Waals surface area contributed by atoms with Crippen molar-refractivity contribution in [2.45, 2.75) is 51.0 Å². The van der Waals surface area contributed by atoms with Crippen molar-refractivity contribution >= 4 is 5.91 Å². The molecular weight excluding hydrogens is 248 g/mol. The molecule has 110 valence electrons. The van der Waals surface area contributed by atoms with E-state index < -0.39 is 0 Å². The lowest BCUT2D eigenvalue weighted by Crippen LogP contribution is -2.31. The second-order valence-electron chi connectivity index (χ2n) is 5.86. The first-order chi connectivity index (χ1) is 9.75. The molecule has 0 bridgehead atoms. The highest BCUT2D eigenvalue weighted by Gasteiger charge is 2.15. The van der Waals surface area contributed by atoms with Crippen LogP contribution in [0.1, 0.15) is 56.6 Å². The summed E-state index contributed by atoms with van der Waals surface area (Å²) in [5.41, 5.74) is 7.13. The molecule has 1 aromatic carbocycles. The first kappa shape index (κ1) is 15.0. The summed E-state index contributed by atoms with van der Waals surface area (Å²) in [7, 11) is 0. The molecule has 3 nitrogen and oxygen atoms in total. The number of benzene rings is 1. The summed E-state index contributed by atoms with van der Waals surface area (Å²) in [6.45, 7) is 0.520. The van der Waals surface area contributed by atoms with Crippen molar-refractivity contribution in [2.75, 3.05) is 6.54 Å². The molecule has 1 aromatic rings. The first-order valence-electron chi connectivity index (χ1n) is 7.83. The number of carbonyl (C=O) groups excluding carboxylic acids is 1. The molecule has 2 rings (SSSR count). The van der Waals surface area contributed by atoms with E-state index in [0.717, 1.165) is 17.9 Å². The summed E-state index contributed by atoms with van der Waals surface area (Å²) in [4.78, 5) is 11.8. The van der Waals surface area contributed by atoms with Gasteiger partial charge in [0.25, 0.3) is 0 Å². The fourth-order valence-corrected chi connectivity index (χ4v) is 2.98. The normalized spacial score (nSPS) is 17.1. The summed E-state index contributed by atoms with van der Waals surface area (Å²) >= 11 is 0. The van der Waals surface area contributed by atoms with Crippen LogP contribution >= 0.6 is 0 Å². The topological polar surface area (TPSA) is 55.1 Å². The largest absolute Gasteiger partial charge is 0.354 e. The lowest BCUT2D eigenvalue weighted by atomic mass is 10.0. The summed E-state index contributed by atoms with van der Waals surface area (Å²) < 4.78 is 0. The van der Waals surface area contributed by atoms with Gasteiger partial charge in [-0.3, -0.25) is 4.79 Å². The van der Waals surface area contributed by atoms with Gasteiger partial charge in [0.05, 0.1) is 0 Å². The van der Waals surface area contributed by atoms with Crippen molar-refractivity contribution in [1.29, 1.82) is 0 Å². The van der Waals surface area contributed by atoms with E-state index in [1.165, 1.54) is 32.1 Å². The Hall–Kier alpha value is -1.35. The Balaban J connectivity index is 1.59. The third kappa shape index (κ3) is 4.97. The maximum Gasteiger partial charge on any atom is 0.220 e. The number of hydrogen-bond donors (Lipinski definition) is 2. The van der Waals surface area contributed by atoms with Gasteiger partial charge >= 0.3 is 0 Å². The molecule has 1 saturated carbocycles. The Labute approximate surface area is 121 Å². The van der Waals surface area contributed by atoms with Gasteiger partial charge < -0.3 is 11.1 Å². The highest BCUT2D eigenvalue weighted by Crippen LogP contribution is 2.28. The average Bonchev–Trinajstić information content (AvgIpc) is 2.99. The monoisotopic (exact) mass is 274 g/mol. The second-order valence-corrected chi connectivity index (χ2v) is 5.86. The first-order valence-corrected chi connectivity index (χ1v) is 7.83. The van der Waals surface area contributed by atoms with E-state index in [1.807, 2.05) is 30.3 Å². The number of nitrogens with one attached hydrogen (secondary N) is 1.